The van der Waals surface area contributed by atoms with Gasteiger partial charge in [-0.1, -0.05) is 12.1 Å². The van der Waals surface area contributed by atoms with Crippen molar-refractivity contribution < 1.29 is 13.2 Å². The van der Waals surface area contributed by atoms with Crippen LogP contribution in [0.1, 0.15) is 0 Å². The molecule has 0 aliphatic rings. The van der Waals surface area contributed by atoms with Gasteiger partial charge in [0.25, 0.3) is 0 Å². The third kappa shape index (κ3) is 2.45. The van der Waals surface area contributed by atoms with Gasteiger partial charge in [-0.25, -0.2) is 18.2 Å². The maximum absolute atomic E-state index is 14.2. The molecule has 2 heterocycles. The Morgan fingerprint density at radius 3 is 2.50 bits per heavy atom. The van der Waals surface area contributed by atoms with Gasteiger partial charge in [0.05, 0.1) is 21.4 Å². The summed E-state index contributed by atoms with van der Waals surface area (Å²) in [5.41, 5.74) is 4.24. The van der Waals surface area contributed by atoms with E-state index in [1.54, 1.807) is 17.6 Å². The zero-order chi connectivity index (χ0) is 16.7. The summed E-state index contributed by atoms with van der Waals surface area (Å²) in [6.45, 7) is 0. The number of thiazole rings is 1. The molecular weight excluding hydrogens is 333 g/mol. The number of aromatic nitrogens is 2. The van der Waals surface area contributed by atoms with Gasteiger partial charge >= 0.3 is 0 Å². The molecule has 0 saturated carbocycles. The molecule has 4 rings (SSSR count). The summed E-state index contributed by atoms with van der Waals surface area (Å²) in [7, 11) is 0. The molecule has 4 aromatic rings. The van der Waals surface area contributed by atoms with Gasteiger partial charge in [-0.3, -0.25) is 4.98 Å². The van der Waals surface area contributed by atoms with Gasteiger partial charge in [0.2, 0.25) is 0 Å². The fraction of sp³-hybridized carbons (Fsp3) is 0. The van der Waals surface area contributed by atoms with Crippen molar-refractivity contribution in [3.05, 3.63) is 71.6 Å². The van der Waals surface area contributed by atoms with E-state index in [1.807, 2.05) is 18.2 Å². The van der Waals surface area contributed by atoms with Crippen LogP contribution in [-0.2, 0) is 0 Å². The second-order valence-electron chi connectivity index (χ2n) is 5.18. The molecule has 0 saturated heterocycles. The van der Waals surface area contributed by atoms with Crippen molar-refractivity contribution in [1.29, 1.82) is 0 Å². The molecule has 0 unspecified atom stereocenters. The summed E-state index contributed by atoms with van der Waals surface area (Å²) in [4.78, 5) is 8.40. The number of halogens is 3. The Kier molecular flexibility index (Phi) is 3.54. The van der Waals surface area contributed by atoms with Crippen LogP contribution in [0.3, 0.4) is 0 Å². The molecule has 0 fully saturated rings. The third-order valence-corrected chi connectivity index (χ3v) is 4.51. The summed E-state index contributed by atoms with van der Waals surface area (Å²) >= 11 is 1.49. The van der Waals surface area contributed by atoms with Gasteiger partial charge in [0, 0.05) is 23.4 Å². The topological polar surface area (TPSA) is 25.8 Å². The number of fused-ring (bicyclic) bond motifs is 1. The molecule has 0 aliphatic carbocycles. The van der Waals surface area contributed by atoms with Crippen molar-refractivity contribution in [3.63, 3.8) is 0 Å². The lowest BCUT2D eigenvalue weighted by Gasteiger charge is -2.10. The van der Waals surface area contributed by atoms with Crippen LogP contribution in [0.5, 0.6) is 0 Å². The Labute approximate surface area is 139 Å². The molecule has 2 aromatic heterocycles. The van der Waals surface area contributed by atoms with Crippen molar-refractivity contribution in [3.8, 4) is 22.4 Å². The number of benzene rings is 2. The SMILES string of the molecule is Fc1cc(F)c(-c2ncccc2-c2ccc3ncsc3c2)cc1F. The van der Waals surface area contributed by atoms with Crippen molar-refractivity contribution in [1.82, 2.24) is 9.97 Å². The minimum Gasteiger partial charge on any atom is -0.255 e. The quantitative estimate of drug-likeness (QED) is 0.453. The standard InChI is InChI=1S/C18H9F3N2S/c19-13-8-15(21)14(20)7-12(13)18-11(2-1-5-22-18)10-3-4-16-17(6-10)24-9-23-16/h1-9H. The van der Waals surface area contributed by atoms with Crippen LogP contribution in [-0.4, -0.2) is 9.97 Å². The van der Waals surface area contributed by atoms with Crippen LogP contribution in [0.4, 0.5) is 13.2 Å². The van der Waals surface area contributed by atoms with Crippen LogP contribution >= 0.6 is 11.3 Å². The Hall–Kier alpha value is -2.73. The molecule has 0 spiro atoms. The molecule has 0 aliphatic heterocycles. The van der Waals surface area contributed by atoms with E-state index in [2.05, 4.69) is 9.97 Å². The highest BCUT2D eigenvalue weighted by molar-refractivity contribution is 7.16. The monoisotopic (exact) mass is 342 g/mol. The number of pyridine rings is 1. The van der Waals surface area contributed by atoms with Crippen molar-refractivity contribution in [2.45, 2.75) is 0 Å². The molecule has 2 aromatic carbocycles. The minimum absolute atomic E-state index is 0.0751. The highest BCUT2D eigenvalue weighted by Crippen LogP contribution is 2.34. The maximum atomic E-state index is 14.2. The Morgan fingerprint density at radius 1 is 0.792 bits per heavy atom. The summed E-state index contributed by atoms with van der Waals surface area (Å²) in [5.74, 6) is -3.19. The number of hydrogen-bond donors (Lipinski definition) is 0. The van der Waals surface area contributed by atoms with Gasteiger partial charge in [0.15, 0.2) is 11.6 Å². The van der Waals surface area contributed by atoms with Gasteiger partial charge in [0.1, 0.15) is 5.82 Å². The van der Waals surface area contributed by atoms with E-state index in [0.29, 0.717) is 11.6 Å². The summed E-state index contributed by atoms with van der Waals surface area (Å²) in [6, 6.07) is 10.5. The summed E-state index contributed by atoms with van der Waals surface area (Å²) in [5, 5.41) is 0. The first kappa shape index (κ1) is 14.8. The Bertz CT molecular complexity index is 1060. The summed E-state index contributed by atoms with van der Waals surface area (Å²) < 4.78 is 41.9. The number of nitrogens with zero attached hydrogens (tertiary/aromatic N) is 2. The van der Waals surface area contributed by atoms with E-state index >= 15 is 0 Å². The third-order valence-electron chi connectivity index (χ3n) is 3.72. The molecule has 0 amide bonds. The van der Waals surface area contributed by atoms with E-state index in [4.69, 9.17) is 0 Å². The van der Waals surface area contributed by atoms with Crippen molar-refractivity contribution >= 4 is 21.6 Å². The van der Waals surface area contributed by atoms with Crippen LogP contribution in [0.2, 0.25) is 0 Å². The van der Waals surface area contributed by atoms with Crippen LogP contribution in [0.15, 0.2) is 54.2 Å². The van der Waals surface area contributed by atoms with Crippen molar-refractivity contribution in [2.75, 3.05) is 0 Å². The minimum atomic E-state index is -1.22. The predicted molar refractivity (Wildman–Crippen MR) is 88.2 cm³/mol. The fourth-order valence-electron chi connectivity index (χ4n) is 2.58. The summed E-state index contributed by atoms with van der Waals surface area (Å²) in [6.07, 6.45) is 1.49. The molecule has 118 valence electrons. The smallest absolute Gasteiger partial charge is 0.161 e. The first-order valence-electron chi connectivity index (χ1n) is 7.07. The molecule has 2 nitrogen and oxygen atoms in total. The first-order chi connectivity index (χ1) is 11.6. The predicted octanol–water partition coefficient (Wildman–Crippen LogP) is 5.44. The van der Waals surface area contributed by atoms with Gasteiger partial charge < -0.3 is 0 Å². The molecule has 24 heavy (non-hydrogen) atoms. The Balaban J connectivity index is 1.94. The van der Waals surface area contributed by atoms with Crippen molar-refractivity contribution in [2.24, 2.45) is 0 Å². The molecule has 0 N–H and O–H groups in total. The van der Waals surface area contributed by atoms with E-state index in [-0.39, 0.29) is 11.3 Å². The Morgan fingerprint density at radius 2 is 1.62 bits per heavy atom. The van der Waals surface area contributed by atoms with Gasteiger partial charge in [-0.2, -0.15) is 0 Å². The molecule has 0 radical (unpaired) electrons. The molecule has 6 heteroatoms. The number of rotatable bonds is 2. The first-order valence-corrected chi connectivity index (χ1v) is 7.95. The largest absolute Gasteiger partial charge is 0.255 e. The fourth-order valence-corrected chi connectivity index (χ4v) is 3.30. The van der Waals surface area contributed by atoms with E-state index in [0.717, 1.165) is 21.8 Å². The van der Waals surface area contributed by atoms with E-state index in [9.17, 15) is 13.2 Å². The molecular formula is C18H9F3N2S. The zero-order valence-electron chi connectivity index (χ0n) is 12.1. The maximum Gasteiger partial charge on any atom is 0.161 e. The lowest BCUT2D eigenvalue weighted by molar-refractivity contribution is 0.496. The highest BCUT2D eigenvalue weighted by atomic mass is 32.1. The van der Waals surface area contributed by atoms with Gasteiger partial charge in [-0.05, 0) is 29.8 Å². The number of hydrogen-bond acceptors (Lipinski definition) is 3. The second-order valence-corrected chi connectivity index (χ2v) is 6.07. The highest BCUT2D eigenvalue weighted by Gasteiger charge is 2.16. The average Bonchev–Trinajstić information content (AvgIpc) is 3.06. The molecule has 0 atom stereocenters. The average molecular weight is 342 g/mol. The van der Waals surface area contributed by atoms with Crippen LogP contribution in [0, 0.1) is 17.5 Å². The lowest BCUT2D eigenvalue weighted by atomic mass is 9.99. The second kappa shape index (κ2) is 5.72. The van der Waals surface area contributed by atoms with Gasteiger partial charge in [-0.15, -0.1) is 11.3 Å². The van der Waals surface area contributed by atoms with E-state index < -0.39 is 17.5 Å². The van der Waals surface area contributed by atoms with Crippen LogP contribution in [0.25, 0.3) is 32.6 Å². The normalized spacial score (nSPS) is 11.1. The van der Waals surface area contributed by atoms with E-state index in [1.165, 1.54) is 17.5 Å². The zero-order valence-corrected chi connectivity index (χ0v) is 12.9. The lowest BCUT2D eigenvalue weighted by Crippen LogP contribution is -1.95. The van der Waals surface area contributed by atoms with Crippen LogP contribution < -0.4 is 0 Å². The molecule has 0 bridgehead atoms.